The Bertz CT molecular complexity index is 1590. The van der Waals surface area contributed by atoms with Gasteiger partial charge in [-0.1, -0.05) is 374 Å². The summed E-state index contributed by atoms with van der Waals surface area (Å²) in [5.74, 6) is 0. The van der Waals surface area contributed by atoms with Crippen LogP contribution in [0.25, 0.3) is 16.9 Å². The fourth-order valence-corrected chi connectivity index (χ4v) is 12.6. The molecule has 3 rings (SSSR count). The minimum absolute atomic E-state index is 0. The first-order valence-corrected chi connectivity index (χ1v) is 38.2. The molecule has 2 aromatic rings. The summed E-state index contributed by atoms with van der Waals surface area (Å²) in [5.41, 5.74) is 22.0. The van der Waals surface area contributed by atoms with Crippen LogP contribution in [0.15, 0.2) is 59.7 Å². The van der Waals surface area contributed by atoms with E-state index in [0.717, 1.165) is 61.0 Å². The van der Waals surface area contributed by atoms with Crippen molar-refractivity contribution in [2.45, 2.75) is 414 Å². The molecule has 85 heavy (non-hydrogen) atoms. The maximum Gasteiger partial charge on any atom is 2.00 e. The largest absolute Gasteiger partial charge is 2.00 e. The number of aryl methyl sites for hydroxylation is 2. The third-order valence-electron chi connectivity index (χ3n) is 18.2. The van der Waals surface area contributed by atoms with Gasteiger partial charge in [-0.3, -0.25) is 0 Å². The Morgan fingerprint density at radius 1 is 0.247 bits per heavy atom. The van der Waals surface area contributed by atoms with Gasteiger partial charge in [-0.2, -0.15) is 12.8 Å². The fraction of sp³-hybridized carbons (Fsp3) is 0.780. The minimum atomic E-state index is 0. The van der Waals surface area contributed by atoms with Crippen LogP contribution < -0.4 is 0 Å². The standard InChI is InChI=1S/C44H68N2.2C19H39.Ni/c1-5-9-13-17-19-21-25-37-29-33-39(34-30-37)43-41(27-23-15-11-7-3)42(28-24-16-12-8-4)44(46(43)45)40-35-31-38(32-36-40)26-22-20-18-14-10-6-2;2*1-3-5-7-9-11-13-15-17-19-18-16-14-12-10-8-6-4-2;/h29-36H,5-28H2,1-4H3;2*1,3-19H2,2H3;/q;2*-1;+2. The van der Waals surface area contributed by atoms with E-state index in [1.165, 1.54) is 356 Å². The first-order valence-electron chi connectivity index (χ1n) is 38.2. The van der Waals surface area contributed by atoms with Gasteiger partial charge in [0.15, 0.2) is 0 Å². The zero-order chi connectivity index (χ0) is 60.9. The summed E-state index contributed by atoms with van der Waals surface area (Å²) >= 11 is 0. The number of benzene rings is 2. The molecule has 2 nitrogen and oxygen atoms in total. The van der Waals surface area contributed by atoms with Crippen molar-refractivity contribution < 1.29 is 21.2 Å². The molecule has 0 unspecified atom stereocenters. The van der Waals surface area contributed by atoms with Gasteiger partial charge in [0.1, 0.15) is 0 Å². The van der Waals surface area contributed by atoms with Crippen molar-refractivity contribution in [1.29, 1.82) is 0 Å². The van der Waals surface area contributed by atoms with Gasteiger partial charge in [-0.15, -0.1) is 0 Å². The number of rotatable bonds is 58. The third-order valence-corrected chi connectivity index (χ3v) is 18.2. The second-order valence-electron chi connectivity index (χ2n) is 26.3. The molecule has 0 aliphatic carbocycles. The molecular weight excluding hydrogens is 1070 g/mol. The van der Waals surface area contributed by atoms with E-state index in [2.05, 4.69) is 104 Å². The van der Waals surface area contributed by atoms with Crippen LogP contribution in [0.5, 0.6) is 0 Å². The second kappa shape index (κ2) is 65.0. The summed E-state index contributed by atoms with van der Waals surface area (Å²) in [6, 6.07) is 18.4. The van der Waals surface area contributed by atoms with E-state index < -0.39 is 0 Å². The van der Waals surface area contributed by atoms with Crippen molar-refractivity contribution >= 4 is 11.4 Å². The van der Waals surface area contributed by atoms with E-state index in [-0.39, 0.29) is 16.5 Å². The molecule has 0 aromatic heterocycles. The molecule has 0 bridgehead atoms. The van der Waals surface area contributed by atoms with Crippen LogP contribution in [0.1, 0.15) is 423 Å². The normalized spacial score (nSPS) is 12.2. The van der Waals surface area contributed by atoms with Crippen LogP contribution in [0, 0.1) is 13.8 Å². The van der Waals surface area contributed by atoms with Crippen molar-refractivity contribution in [3.63, 3.8) is 0 Å². The van der Waals surface area contributed by atoms with Crippen LogP contribution in [-0.2, 0) is 29.3 Å². The van der Waals surface area contributed by atoms with Crippen LogP contribution in [0.2, 0.25) is 0 Å². The molecule has 494 valence electrons. The van der Waals surface area contributed by atoms with Crippen LogP contribution in [-0.4, -0.2) is 4.70 Å². The molecule has 1 aliphatic heterocycles. The summed E-state index contributed by atoms with van der Waals surface area (Å²) < 4.78 is 1.58. The van der Waals surface area contributed by atoms with Crippen molar-refractivity contribution in [2.75, 3.05) is 0 Å². The van der Waals surface area contributed by atoms with Gasteiger partial charge in [0.05, 0.1) is 0 Å². The van der Waals surface area contributed by atoms with E-state index in [9.17, 15) is 5.53 Å². The van der Waals surface area contributed by atoms with E-state index in [1.54, 1.807) is 4.70 Å². The molecule has 0 N–H and O–H groups in total. The zero-order valence-electron chi connectivity index (χ0n) is 58.3. The molecule has 0 spiro atoms. The summed E-state index contributed by atoms with van der Waals surface area (Å²) in [6.07, 6.45) is 78.9. The Labute approximate surface area is 544 Å². The molecule has 0 saturated heterocycles. The Kier molecular flexibility index (Phi) is 63.5. The molecule has 0 amide bonds. The molecule has 1 heterocycles. The van der Waals surface area contributed by atoms with Gasteiger partial charge >= 0.3 is 16.5 Å². The monoisotopic (exact) mass is 1220 g/mol. The van der Waals surface area contributed by atoms with Crippen LogP contribution in [0.3, 0.4) is 0 Å². The number of hydrogen-bond acceptors (Lipinski definition) is 0. The Morgan fingerprint density at radius 2 is 0.424 bits per heavy atom. The van der Waals surface area contributed by atoms with E-state index >= 15 is 0 Å². The summed E-state index contributed by atoms with van der Waals surface area (Å²) in [4.78, 5) is 0. The third kappa shape index (κ3) is 46.7. The van der Waals surface area contributed by atoms with Crippen molar-refractivity contribution in [1.82, 2.24) is 0 Å². The van der Waals surface area contributed by atoms with Crippen molar-refractivity contribution in [3.05, 3.63) is 101 Å². The van der Waals surface area contributed by atoms with Gasteiger partial charge in [-0.05, 0) is 86.8 Å². The van der Waals surface area contributed by atoms with E-state index in [4.69, 9.17) is 0 Å². The number of nitrogens with zero attached hydrogens (tertiary/aromatic N) is 2. The van der Waals surface area contributed by atoms with Crippen LogP contribution >= 0.6 is 0 Å². The molecule has 0 radical (unpaired) electrons. The van der Waals surface area contributed by atoms with Gasteiger partial charge in [0.25, 0.3) is 0 Å². The molecule has 0 saturated carbocycles. The molecule has 2 aromatic carbocycles. The Balaban J connectivity index is 0.00000149. The van der Waals surface area contributed by atoms with Gasteiger partial charge < -0.3 is 19.4 Å². The first-order chi connectivity index (χ1) is 41.5. The van der Waals surface area contributed by atoms with Gasteiger partial charge in [-0.25, -0.2) is 4.70 Å². The smallest absolute Gasteiger partial charge is 0.493 e. The predicted octanol–water partition coefficient (Wildman–Crippen LogP) is 29.5. The number of hydrogen-bond donors (Lipinski definition) is 0. The summed E-state index contributed by atoms with van der Waals surface area (Å²) in [7, 11) is 0. The fourth-order valence-electron chi connectivity index (χ4n) is 12.6. The zero-order valence-corrected chi connectivity index (χ0v) is 59.2. The average molecular weight is 1220 g/mol. The molecule has 3 heteroatoms. The van der Waals surface area contributed by atoms with Crippen molar-refractivity contribution in [3.8, 4) is 0 Å². The van der Waals surface area contributed by atoms with Crippen LogP contribution in [0.4, 0.5) is 0 Å². The molecule has 0 fully saturated rings. The molecular formula is C82H146N2Ni. The Morgan fingerprint density at radius 3 is 0.635 bits per heavy atom. The maximum atomic E-state index is 12.0. The minimum Gasteiger partial charge on any atom is -0.493 e. The predicted molar refractivity (Wildman–Crippen MR) is 381 cm³/mol. The van der Waals surface area contributed by atoms with E-state index in [0.29, 0.717) is 0 Å². The maximum absolute atomic E-state index is 12.0. The summed E-state index contributed by atoms with van der Waals surface area (Å²) in [6.45, 7) is 21.5. The second-order valence-corrected chi connectivity index (χ2v) is 26.3. The van der Waals surface area contributed by atoms with Gasteiger partial charge in [0.2, 0.25) is 11.4 Å². The van der Waals surface area contributed by atoms with Crippen molar-refractivity contribution in [2.24, 2.45) is 0 Å². The molecule has 1 aliphatic rings. The number of allylic oxidation sites excluding steroid dienone is 2. The Hall–Kier alpha value is -1.99. The number of unbranched alkanes of at least 4 members (excludes halogenated alkanes) is 48. The first kappa shape index (κ1) is 83.0. The average Bonchev–Trinajstić information content (AvgIpc) is 2.04. The van der Waals surface area contributed by atoms with Gasteiger partial charge in [0, 0.05) is 22.3 Å². The topological polar surface area (TPSA) is 25.3 Å². The molecule has 0 atom stereocenters. The van der Waals surface area contributed by atoms with E-state index in [1.807, 2.05) is 0 Å². The quantitative estimate of drug-likeness (QED) is 0.0273. The SMILES string of the molecule is CCCCCCCCc1ccc(C2=C(CCCCCC)C(CCCCCC)=C(c3ccc(CCCCCCCC)cc3)[N+]2=[N-])cc1.[CH2-]CCCCCCCCCCCCCCCCCC.[CH2-]CCCCCCCCCCCCCCCCCC.[Ni+2]. The summed E-state index contributed by atoms with van der Waals surface area (Å²) in [5, 5.41) is 0.